The highest BCUT2D eigenvalue weighted by Gasteiger charge is 2.17. The molecule has 2 heterocycles. The van der Waals surface area contributed by atoms with E-state index < -0.39 is 11.5 Å². The number of hydrogen-bond donors (Lipinski definition) is 2. The molecular weight excluding hydrogens is 382 g/mol. The smallest absolute Gasteiger partial charge is 0.267 e. The molecule has 0 radical (unpaired) electrons. The van der Waals surface area contributed by atoms with Crippen molar-refractivity contribution in [2.75, 3.05) is 13.6 Å². The third-order valence-electron chi connectivity index (χ3n) is 4.74. The van der Waals surface area contributed by atoms with Gasteiger partial charge in [0.15, 0.2) is 0 Å². The lowest BCUT2D eigenvalue weighted by Gasteiger charge is -2.19. The second kappa shape index (κ2) is 8.35. The van der Waals surface area contributed by atoms with E-state index in [1.165, 1.54) is 4.90 Å². The van der Waals surface area contributed by atoms with Gasteiger partial charge in [-0.15, -0.1) is 0 Å². The maximum absolute atomic E-state index is 11.7. The van der Waals surface area contributed by atoms with Crippen molar-refractivity contribution >= 4 is 23.2 Å². The fourth-order valence-electron chi connectivity index (χ4n) is 2.95. The lowest BCUT2D eigenvalue weighted by Crippen LogP contribution is -2.29. The van der Waals surface area contributed by atoms with Crippen LogP contribution >= 0.6 is 0 Å². The minimum atomic E-state index is -1.24. The van der Waals surface area contributed by atoms with Crippen LogP contribution in [0.2, 0.25) is 0 Å². The Labute approximate surface area is 174 Å². The van der Waals surface area contributed by atoms with E-state index in [9.17, 15) is 14.7 Å². The Hall–Kier alpha value is -3.70. The van der Waals surface area contributed by atoms with Crippen LogP contribution in [0.15, 0.2) is 36.5 Å². The van der Waals surface area contributed by atoms with E-state index in [-0.39, 0.29) is 5.69 Å². The predicted molar refractivity (Wildman–Crippen MR) is 113 cm³/mol. The molecule has 8 nitrogen and oxygen atoms in total. The lowest BCUT2D eigenvalue weighted by atomic mass is 10.0. The second-order valence-corrected chi connectivity index (χ2v) is 7.36. The Morgan fingerprint density at radius 3 is 2.87 bits per heavy atom. The van der Waals surface area contributed by atoms with Gasteiger partial charge in [0.1, 0.15) is 11.3 Å². The van der Waals surface area contributed by atoms with Crippen LogP contribution in [0.25, 0.3) is 22.2 Å². The van der Waals surface area contributed by atoms with Crippen LogP contribution in [0.1, 0.15) is 29.4 Å². The molecule has 3 N–H and O–H groups in total. The summed E-state index contributed by atoms with van der Waals surface area (Å²) in [5.74, 6) is 5.22. The number of aryl methyl sites for hydroxylation is 1. The Morgan fingerprint density at radius 2 is 2.17 bits per heavy atom. The van der Waals surface area contributed by atoms with E-state index in [2.05, 4.69) is 21.9 Å². The summed E-state index contributed by atoms with van der Waals surface area (Å²) < 4.78 is 1.66. The van der Waals surface area contributed by atoms with Crippen LogP contribution in [-0.4, -0.2) is 56.3 Å². The van der Waals surface area contributed by atoms with Crippen molar-refractivity contribution in [3.8, 4) is 23.1 Å². The van der Waals surface area contributed by atoms with Gasteiger partial charge >= 0.3 is 0 Å². The molecule has 0 bridgehead atoms. The Kier molecular flexibility index (Phi) is 5.85. The number of hydrogen-bond acceptors (Lipinski definition) is 5. The number of rotatable bonds is 6. The van der Waals surface area contributed by atoms with Crippen molar-refractivity contribution in [3.05, 3.63) is 47.8 Å². The fourth-order valence-corrected chi connectivity index (χ4v) is 2.95. The van der Waals surface area contributed by atoms with Crippen LogP contribution in [0.5, 0.6) is 0 Å². The maximum atomic E-state index is 11.7. The van der Waals surface area contributed by atoms with Crippen molar-refractivity contribution in [2.45, 2.75) is 18.9 Å². The van der Waals surface area contributed by atoms with E-state index in [0.29, 0.717) is 30.6 Å². The van der Waals surface area contributed by atoms with Crippen molar-refractivity contribution in [2.24, 2.45) is 12.8 Å². The zero-order chi connectivity index (χ0) is 21.9. The quantitative estimate of drug-likeness (QED) is 0.474. The van der Waals surface area contributed by atoms with Gasteiger partial charge in [0.05, 0.1) is 17.4 Å². The second-order valence-electron chi connectivity index (χ2n) is 7.36. The normalized spacial score (nSPS) is 12.7. The van der Waals surface area contributed by atoms with Gasteiger partial charge in [-0.1, -0.05) is 24.0 Å². The molecule has 2 aromatic heterocycles. The lowest BCUT2D eigenvalue weighted by molar-refractivity contribution is -0.117. The first-order chi connectivity index (χ1) is 14.2. The summed E-state index contributed by atoms with van der Waals surface area (Å²) in [6.45, 7) is 2.01. The highest BCUT2D eigenvalue weighted by Crippen LogP contribution is 2.28. The Morgan fingerprint density at radius 1 is 1.40 bits per heavy atom. The molecule has 0 aliphatic carbocycles. The first-order valence-corrected chi connectivity index (χ1v) is 9.34. The van der Waals surface area contributed by atoms with E-state index in [4.69, 9.17) is 5.73 Å². The number of pyridine rings is 1. The summed E-state index contributed by atoms with van der Waals surface area (Å²) in [7, 11) is 3.43. The number of fused-ring (bicyclic) bond motifs is 1. The van der Waals surface area contributed by atoms with Gasteiger partial charge in [-0.05, 0) is 25.1 Å². The first-order valence-electron chi connectivity index (χ1n) is 9.34. The summed E-state index contributed by atoms with van der Waals surface area (Å²) in [5, 5.41) is 15.5. The van der Waals surface area contributed by atoms with Gasteiger partial charge in [0.2, 0.25) is 6.41 Å². The number of nitrogens with two attached hydrogens (primary N) is 1. The van der Waals surface area contributed by atoms with Crippen LogP contribution in [-0.2, 0) is 11.8 Å². The minimum Gasteiger partial charge on any atom is -0.378 e. The number of carbonyl (C=O) groups excluding carboxylic acids is 2. The highest BCUT2D eigenvalue weighted by molar-refractivity contribution is 5.99. The zero-order valence-electron chi connectivity index (χ0n) is 17.1. The number of carbonyl (C=O) groups is 2. The number of nitrogens with zero attached hydrogens (tertiary/aromatic N) is 4. The van der Waals surface area contributed by atoms with Crippen molar-refractivity contribution in [1.29, 1.82) is 0 Å². The molecule has 8 heteroatoms. The van der Waals surface area contributed by atoms with Crippen molar-refractivity contribution < 1.29 is 14.7 Å². The third-order valence-corrected chi connectivity index (χ3v) is 4.74. The van der Waals surface area contributed by atoms with Gasteiger partial charge in [-0.3, -0.25) is 14.3 Å². The molecular formula is C22H23N5O3. The number of primary amides is 1. The van der Waals surface area contributed by atoms with Crippen LogP contribution in [0.4, 0.5) is 0 Å². The molecule has 1 atom stereocenters. The molecule has 1 unspecified atom stereocenters. The molecule has 3 aromatic rings. The van der Waals surface area contributed by atoms with E-state index >= 15 is 0 Å². The molecule has 0 saturated heterocycles. The number of aromatic nitrogens is 3. The third kappa shape index (κ3) is 4.64. The first kappa shape index (κ1) is 21.0. The molecule has 0 aliphatic rings. The molecule has 0 fully saturated rings. The topological polar surface area (TPSA) is 114 Å². The van der Waals surface area contributed by atoms with Crippen LogP contribution in [0, 0.1) is 11.8 Å². The molecule has 1 aromatic carbocycles. The molecule has 30 heavy (non-hydrogen) atoms. The Balaban J connectivity index is 1.97. The summed E-state index contributed by atoms with van der Waals surface area (Å²) in [6.07, 6.45) is 2.72. The van der Waals surface area contributed by atoms with E-state index in [0.717, 1.165) is 16.5 Å². The molecule has 0 saturated carbocycles. The number of benzene rings is 1. The highest BCUT2D eigenvalue weighted by atomic mass is 16.3. The average molecular weight is 405 g/mol. The van der Waals surface area contributed by atoms with Crippen molar-refractivity contribution in [1.82, 2.24) is 19.7 Å². The standard InChI is InChI=1S/C22H23N5O3/c1-22(30,9-10-26(2)14-28)8-7-15-5-4-6-16(11-15)20-17-13-24-27(3)19(17)12-18(25-20)21(23)29/h4-6,11-14,30H,9-10H2,1-3H3,(H2,23,29). The molecule has 0 aliphatic heterocycles. The summed E-state index contributed by atoms with van der Waals surface area (Å²) in [5.41, 5.74) is 7.12. The van der Waals surface area contributed by atoms with Gasteiger partial charge in [0.25, 0.3) is 5.91 Å². The van der Waals surface area contributed by atoms with Gasteiger partial charge < -0.3 is 15.7 Å². The summed E-state index contributed by atoms with van der Waals surface area (Å²) >= 11 is 0. The summed E-state index contributed by atoms with van der Waals surface area (Å²) in [6, 6.07) is 8.96. The van der Waals surface area contributed by atoms with E-state index in [1.807, 2.05) is 24.3 Å². The molecule has 3 rings (SSSR count). The fraction of sp³-hybridized carbons (Fsp3) is 0.273. The molecule has 2 amide bonds. The van der Waals surface area contributed by atoms with Gasteiger partial charge in [-0.2, -0.15) is 5.10 Å². The minimum absolute atomic E-state index is 0.153. The van der Waals surface area contributed by atoms with Crippen molar-refractivity contribution in [3.63, 3.8) is 0 Å². The van der Waals surface area contributed by atoms with Gasteiger partial charge in [0, 0.05) is 43.6 Å². The van der Waals surface area contributed by atoms with Crippen LogP contribution < -0.4 is 5.73 Å². The predicted octanol–water partition coefficient (Wildman–Crippen LogP) is 1.31. The maximum Gasteiger partial charge on any atom is 0.267 e. The molecule has 154 valence electrons. The largest absolute Gasteiger partial charge is 0.378 e. The Bertz CT molecular complexity index is 1170. The SMILES string of the molecule is CN(C=O)CCC(C)(O)C#Cc1cccc(-c2nc(C(N)=O)cc3c2cnn3C)c1. The number of aliphatic hydroxyl groups is 1. The molecule has 0 spiro atoms. The number of amides is 2. The summed E-state index contributed by atoms with van der Waals surface area (Å²) in [4.78, 5) is 28.3. The van der Waals surface area contributed by atoms with Crippen LogP contribution in [0.3, 0.4) is 0 Å². The van der Waals surface area contributed by atoms with E-state index in [1.54, 1.807) is 38.0 Å². The zero-order valence-corrected chi connectivity index (χ0v) is 17.1. The monoisotopic (exact) mass is 405 g/mol. The average Bonchev–Trinajstić information content (AvgIpc) is 3.11. The van der Waals surface area contributed by atoms with Gasteiger partial charge in [-0.25, -0.2) is 4.98 Å².